The number of allylic oxidation sites excluding steroid dienone is 1. The highest BCUT2D eigenvalue weighted by Gasteiger charge is 2.14. The first-order valence-electron chi connectivity index (χ1n) is 10.7. The number of aldehydes is 1. The SMILES string of the molecule is O=C1CCCC/C1=C\c1ccc(F)cc1.O=C1CCCCC1.O=Cc1ccc(F)cc1. The maximum atomic E-state index is 12.7. The zero-order valence-corrected chi connectivity index (χ0v) is 17.6. The van der Waals surface area contributed by atoms with Crippen LogP contribution in [-0.2, 0) is 9.59 Å². The Kier molecular flexibility index (Phi) is 10.5. The summed E-state index contributed by atoms with van der Waals surface area (Å²) in [4.78, 5) is 32.0. The Balaban J connectivity index is 0.000000181. The van der Waals surface area contributed by atoms with Crippen LogP contribution in [0.25, 0.3) is 6.08 Å². The Bertz CT molecular complexity index is 876. The summed E-state index contributed by atoms with van der Waals surface area (Å²) < 4.78 is 24.8. The second-order valence-corrected chi connectivity index (χ2v) is 7.62. The zero-order chi connectivity index (χ0) is 22.5. The van der Waals surface area contributed by atoms with Crippen molar-refractivity contribution in [2.24, 2.45) is 0 Å². The number of Topliss-reactive ketones (excluding diaryl/α,β-unsaturated/α-hetero) is 2. The molecule has 2 aliphatic rings. The molecule has 2 aliphatic carbocycles. The third kappa shape index (κ3) is 9.60. The molecule has 0 amide bonds. The van der Waals surface area contributed by atoms with E-state index in [0.717, 1.165) is 56.1 Å². The van der Waals surface area contributed by atoms with E-state index in [1.54, 1.807) is 12.1 Å². The normalized spacial score (nSPS) is 17.2. The summed E-state index contributed by atoms with van der Waals surface area (Å²) in [6.07, 6.45) is 11.4. The van der Waals surface area contributed by atoms with Gasteiger partial charge in [0.1, 0.15) is 23.7 Å². The molecule has 2 aromatic rings. The third-order valence-electron chi connectivity index (χ3n) is 5.09. The Morgan fingerprint density at radius 3 is 1.55 bits per heavy atom. The molecule has 164 valence electrons. The quantitative estimate of drug-likeness (QED) is 0.406. The zero-order valence-electron chi connectivity index (χ0n) is 17.6. The molecule has 3 nitrogen and oxygen atoms in total. The Morgan fingerprint density at radius 1 is 0.613 bits per heavy atom. The molecule has 0 spiro atoms. The van der Waals surface area contributed by atoms with Crippen molar-refractivity contribution in [3.63, 3.8) is 0 Å². The molecule has 0 atom stereocenters. The van der Waals surface area contributed by atoms with Crippen LogP contribution in [0.4, 0.5) is 8.78 Å². The van der Waals surface area contributed by atoms with Gasteiger partial charge in [-0.1, -0.05) is 18.6 Å². The van der Waals surface area contributed by atoms with E-state index in [9.17, 15) is 23.2 Å². The minimum Gasteiger partial charge on any atom is -0.300 e. The van der Waals surface area contributed by atoms with Gasteiger partial charge in [0.25, 0.3) is 0 Å². The fraction of sp³-hybridized carbons (Fsp3) is 0.346. The molecule has 0 bridgehead atoms. The Morgan fingerprint density at radius 2 is 1.10 bits per heavy atom. The highest BCUT2D eigenvalue weighted by atomic mass is 19.1. The number of halogens is 2. The van der Waals surface area contributed by atoms with E-state index in [0.29, 0.717) is 24.1 Å². The number of carbonyl (C=O) groups is 3. The molecule has 0 radical (unpaired) electrons. The number of carbonyl (C=O) groups excluding carboxylic acids is 3. The van der Waals surface area contributed by atoms with Crippen LogP contribution in [0.2, 0.25) is 0 Å². The first-order valence-corrected chi connectivity index (χ1v) is 10.7. The topological polar surface area (TPSA) is 51.2 Å². The summed E-state index contributed by atoms with van der Waals surface area (Å²) in [5.41, 5.74) is 2.28. The van der Waals surface area contributed by atoms with Gasteiger partial charge in [0.2, 0.25) is 0 Å². The summed E-state index contributed by atoms with van der Waals surface area (Å²) in [5.74, 6) is 0.143. The lowest BCUT2D eigenvalue weighted by Gasteiger charge is -2.12. The summed E-state index contributed by atoms with van der Waals surface area (Å²) in [6.45, 7) is 0. The summed E-state index contributed by atoms with van der Waals surface area (Å²) in [5, 5.41) is 0. The fourth-order valence-corrected chi connectivity index (χ4v) is 3.30. The second kappa shape index (κ2) is 13.4. The molecule has 2 saturated carbocycles. The van der Waals surface area contributed by atoms with Crippen LogP contribution in [0, 0.1) is 11.6 Å². The Labute approximate surface area is 182 Å². The minimum absolute atomic E-state index is 0.241. The lowest BCUT2D eigenvalue weighted by Crippen LogP contribution is -2.07. The van der Waals surface area contributed by atoms with Gasteiger partial charge >= 0.3 is 0 Å². The molecule has 0 N–H and O–H groups in total. The summed E-state index contributed by atoms with van der Waals surface area (Å²) >= 11 is 0. The van der Waals surface area contributed by atoms with Gasteiger partial charge in [-0.2, -0.15) is 0 Å². The average molecular weight is 427 g/mol. The van der Waals surface area contributed by atoms with Gasteiger partial charge < -0.3 is 0 Å². The molecule has 2 fully saturated rings. The lowest BCUT2D eigenvalue weighted by molar-refractivity contribution is -0.120. The standard InChI is InChI=1S/C13H13FO.C7H5FO.C6H10O/c14-12-7-5-10(6-8-12)9-11-3-1-2-4-13(11)15;8-7-3-1-6(5-9)2-4-7;7-6-4-2-1-3-5-6/h5-9H,1-4H2;1-5H;1-5H2/b11-9+;;. The number of benzene rings is 2. The van der Waals surface area contributed by atoms with Crippen molar-refractivity contribution in [3.8, 4) is 0 Å². The van der Waals surface area contributed by atoms with Gasteiger partial charge in [0.05, 0.1) is 0 Å². The molecule has 4 rings (SSSR count). The van der Waals surface area contributed by atoms with Crippen molar-refractivity contribution < 1.29 is 23.2 Å². The van der Waals surface area contributed by atoms with Crippen molar-refractivity contribution in [1.82, 2.24) is 0 Å². The Hall–Kier alpha value is -2.95. The molecule has 0 heterocycles. The van der Waals surface area contributed by atoms with Crippen LogP contribution in [0.15, 0.2) is 54.1 Å². The maximum absolute atomic E-state index is 12.7. The van der Waals surface area contributed by atoms with Crippen LogP contribution in [0.5, 0.6) is 0 Å². The first kappa shape index (κ1) is 24.3. The van der Waals surface area contributed by atoms with E-state index in [4.69, 9.17) is 0 Å². The van der Waals surface area contributed by atoms with Gasteiger partial charge in [0.15, 0.2) is 5.78 Å². The van der Waals surface area contributed by atoms with Crippen molar-refractivity contribution in [1.29, 1.82) is 0 Å². The molecule has 31 heavy (non-hydrogen) atoms. The van der Waals surface area contributed by atoms with Gasteiger partial charge in [-0.05, 0) is 85.7 Å². The van der Waals surface area contributed by atoms with E-state index in [-0.39, 0.29) is 17.4 Å². The predicted molar refractivity (Wildman–Crippen MR) is 118 cm³/mol. The predicted octanol–water partition coefficient (Wildman–Crippen LogP) is 6.51. The van der Waals surface area contributed by atoms with Gasteiger partial charge in [-0.3, -0.25) is 14.4 Å². The van der Waals surface area contributed by atoms with Crippen molar-refractivity contribution in [2.75, 3.05) is 0 Å². The minimum atomic E-state index is -0.319. The van der Waals surface area contributed by atoms with Crippen molar-refractivity contribution in [2.45, 2.75) is 57.8 Å². The lowest BCUT2D eigenvalue weighted by atomic mass is 9.92. The third-order valence-corrected chi connectivity index (χ3v) is 5.09. The number of rotatable bonds is 2. The van der Waals surface area contributed by atoms with Crippen LogP contribution in [-0.4, -0.2) is 17.9 Å². The van der Waals surface area contributed by atoms with Gasteiger partial charge in [0, 0.05) is 24.8 Å². The molecule has 2 aromatic carbocycles. The summed E-state index contributed by atoms with van der Waals surface area (Å²) in [6, 6.07) is 11.6. The van der Waals surface area contributed by atoms with E-state index < -0.39 is 0 Å². The average Bonchev–Trinajstić information content (AvgIpc) is 2.79. The van der Waals surface area contributed by atoms with Gasteiger partial charge in [-0.25, -0.2) is 8.78 Å². The molecule has 0 aliphatic heterocycles. The first-order chi connectivity index (χ1) is 15.0. The molecule has 0 saturated heterocycles. The molecule has 5 heteroatoms. The van der Waals surface area contributed by atoms with Gasteiger partial charge in [-0.15, -0.1) is 0 Å². The van der Waals surface area contributed by atoms with E-state index in [1.165, 1.54) is 42.8 Å². The highest BCUT2D eigenvalue weighted by molar-refractivity contribution is 6.00. The van der Waals surface area contributed by atoms with E-state index in [1.807, 2.05) is 6.08 Å². The number of hydrogen-bond donors (Lipinski definition) is 0. The molecular weight excluding hydrogens is 398 g/mol. The number of ketones is 2. The number of hydrogen-bond acceptors (Lipinski definition) is 3. The second-order valence-electron chi connectivity index (χ2n) is 7.62. The van der Waals surface area contributed by atoms with Crippen LogP contribution in [0.3, 0.4) is 0 Å². The van der Waals surface area contributed by atoms with Crippen molar-refractivity contribution >= 4 is 23.9 Å². The maximum Gasteiger partial charge on any atom is 0.158 e. The molecule has 0 unspecified atom stereocenters. The van der Waals surface area contributed by atoms with Crippen LogP contribution < -0.4 is 0 Å². The monoisotopic (exact) mass is 426 g/mol. The molecular formula is C26H28F2O3. The van der Waals surface area contributed by atoms with Crippen LogP contribution in [0.1, 0.15) is 73.7 Å². The van der Waals surface area contributed by atoms with Crippen LogP contribution >= 0.6 is 0 Å². The van der Waals surface area contributed by atoms with E-state index >= 15 is 0 Å². The van der Waals surface area contributed by atoms with E-state index in [2.05, 4.69) is 0 Å². The smallest absolute Gasteiger partial charge is 0.158 e. The highest BCUT2D eigenvalue weighted by Crippen LogP contribution is 2.22. The fourth-order valence-electron chi connectivity index (χ4n) is 3.30. The largest absolute Gasteiger partial charge is 0.300 e. The van der Waals surface area contributed by atoms with Crippen molar-refractivity contribution in [3.05, 3.63) is 76.9 Å². The summed E-state index contributed by atoms with van der Waals surface area (Å²) in [7, 11) is 0. The molecule has 0 aromatic heterocycles.